The Morgan fingerprint density at radius 3 is 1.93 bits per heavy atom. The minimum absolute atomic E-state index is 0.0522. The van der Waals surface area contributed by atoms with Crippen LogP contribution >= 0.6 is 0 Å². The van der Waals surface area contributed by atoms with Crippen molar-refractivity contribution in [3.8, 4) is 0 Å². The van der Waals surface area contributed by atoms with E-state index in [2.05, 4.69) is 26.6 Å². The van der Waals surface area contributed by atoms with Crippen LogP contribution in [-0.4, -0.2) is 74.6 Å². The summed E-state index contributed by atoms with van der Waals surface area (Å²) in [5.41, 5.74) is 0.829. The second-order valence-electron chi connectivity index (χ2n) is 8.76. The molecule has 0 spiro atoms. The van der Waals surface area contributed by atoms with E-state index in [9.17, 15) is 33.6 Å². The summed E-state index contributed by atoms with van der Waals surface area (Å²) in [6.45, 7) is 13.5. The standard InChI is InChI=1S/C26H34N6O7.3C2H6/c1-16(33)29-13-5-4-6-20(26(39)28-3)31-22(35)15-30-25(38)19-9-8-18(32-23(36)11-12-24(32)37)14-17(19)7-10-21(34)27-2;3*1-2/h8-9,11-12,14,20H,4-7,10,13,15H2,1-3H3,(H,27,34)(H,28,39)(H,29,33)(H,30,38)(H,31,35);3*1-2H3. The molecule has 1 aromatic rings. The summed E-state index contributed by atoms with van der Waals surface area (Å²) < 4.78 is 0. The van der Waals surface area contributed by atoms with Crippen molar-refractivity contribution < 1.29 is 33.6 Å². The summed E-state index contributed by atoms with van der Waals surface area (Å²) in [6.07, 6.45) is 4.01. The molecule has 1 heterocycles. The van der Waals surface area contributed by atoms with Gasteiger partial charge < -0.3 is 26.6 Å². The molecule has 0 saturated carbocycles. The van der Waals surface area contributed by atoms with Gasteiger partial charge in [-0.25, -0.2) is 4.90 Å². The van der Waals surface area contributed by atoms with Gasteiger partial charge in [-0.05, 0) is 49.4 Å². The quantitative estimate of drug-likeness (QED) is 0.154. The predicted octanol–water partition coefficient (Wildman–Crippen LogP) is 2.14. The highest BCUT2D eigenvalue weighted by atomic mass is 16.2. The van der Waals surface area contributed by atoms with E-state index in [4.69, 9.17) is 0 Å². The Morgan fingerprint density at radius 1 is 0.800 bits per heavy atom. The van der Waals surface area contributed by atoms with E-state index in [0.29, 0.717) is 31.4 Å². The number of benzene rings is 1. The summed E-state index contributed by atoms with van der Waals surface area (Å²) in [6, 6.07) is 3.53. The fraction of sp³-hybridized carbons (Fsp3) is 0.531. The Kier molecular flexibility index (Phi) is 23.5. The molecule has 252 valence electrons. The molecule has 0 radical (unpaired) electrons. The van der Waals surface area contributed by atoms with Crippen molar-refractivity contribution in [2.24, 2.45) is 0 Å². The molecule has 1 aliphatic heterocycles. The smallest absolute Gasteiger partial charge is 0.258 e. The summed E-state index contributed by atoms with van der Waals surface area (Å²) >= 11 is 0. The molecule has 45 heavy (non-hydrogen) atoms. The van der Waals surface area contributed by atoms with Crippen LogP contribution in [0, 0.1) is 0 Å². The SMILES string of the molecule is CC.CC.CC.CNC(=O)CCc1cc(N2C(=O)C=CC2=O)ccc1C(=O)NCC(=O)NC(CCCCNC(C)=O)C(=O)NC. The van der Waals surface area contributed by atoms with Crippen molar-refractivity contribution in [1.29, 1.82) is 0 Å². The van der Waals surface area contributed by atoms with Crippen LogP contribution in [0.5, 0.6) is 0 Å². The van der Waals surface area contributed by atoms with Crippen LogP contribution < -0.4 is 31.5 Å². The zero-order valence-electron chi connectivity index (χ0n) is 28.2. The number of hydrogen-bond donors (Lipinski definition) is 5. The predicted molar refractivity (Wildman–Crippen MR) is 175 cm³/mol. The van der Waals surface area contributed by atoms with Gasteiger partial charge in [-0.2, -0.15) is 0 Å². The van der Waals surface area contributed by atoms with E-state index in [1.807, 2.05) is 41.5 Å². The Balaban J connectivity index is 0. The first-order chi connectivity index (χ1) is 21.6. The van der Waals surface area contributed by atoms with Crippen molar-refractivity contribution in [3.63, 3.8) is 0 Å². The molecule has 1 aliphatic rings. The van der Waals surface area contributed by atoms with Crippen molar-refractivity contribution in [2.75, 3.05) is 32.1 Å². The summed E-state index contributed by atoms with van der Waals surface area (Å²) in [4.78, 5) is 85.5. The number of hydrogen-bond acceptors (Lipinski definition) is 7. The van der Waals surface area contributed by atoms with E-state index >= 15 is 0 Å². The molecular weight excluding hydrogens is 580 g/mol. The minimum atomic E-state index is -0.816. The highest BCUT2D eigenvalue weighted by molar-refractivity contribution is 6.28. The normalized spacial score (nSPS) is 11.7. The molecule has 1 atom stereocenters. The van der Waals surface area contributed by atoms with E-state index in [1.54, 1.807) is 0 Å². The van der Waals surface area contributed by atoms with Gasteiger partial charge in [0.15, 0.2) is 0 Å². The lowest BCUT2D eigenvalue weighted by molar-refractivity contribution is -0.128. The van der Waals surface area contributed by atoms with Gasteiger partial charge in [-0.1, -0.05) is 41.5 Å². The molecule has 7 amide bonds. The van der Waals surface area contributed by atoms with Gasteiger partial charge in [0, 0.05) is 51.7 Å². The molecule has 0 aromatic heterocycles. The van der Waals surface area contributed by atoms with Gasteiger partial charge in [0.2, 0.25) is 23.6 Å². The first kappa shape index (κ1) is 42.6. The number of unbranched alkanes of at least 4 members (excludes halogenated alkanes) is 1. The molecular formula is C32H52N6O7. The van der Waals surface area contributed by atoms with Gasteiger partial charge in [0.05, 0.1) is 12.2 Å². The number of nitrogens with zero attached hydrogens (tertiary/aromatic N) is 1. The van der Waals surface area contributed by atoms with E-state index < -0.39 is 36.2 Å². The highest BCUT2D eigenvalue weighted by Gasteiger charge is 2.26. The third-order valence-electron chi connectivity index (χ3n) is 5.90. The fourth-order valence-corrected chi connectivity index (χ4v) is 3.86. The molecule has 13 heteroatoms. The number of rotatable bonds is 14. The van der Waals surface area contributed by atoms with Crippen LogP contribution in [0.25, 0.3) is 0 Å². The average Bonchev–Trinajstić information content (AvgIpc) is 3.40. The molecule has 2 rings (SSSR count). The summed E-state index contributed by atoms with van der Waals surface area (Å²) in [5.74, 6) is -3.03. The molecule has 1 aromatic carbocycles. The molecule has 0 aliphatic carbocycles. The number of carbonyl (C=O) groups excluding carboxylic acids is 7. The van der Waals surface area contributed by atoms with Gasteiger partial charge in [0.25, 0.3) is 17.7 Å². The number of nitrogens with one attached hydrogen (secondary N) is 5. The molecule has 0 bridgehead atoms. The van der Waals surface area contributed by atoms with Crippen LogP contribution in [0.1, 0.15) is 90.1 Å². The number of aryl methyl sites for hydroxylation is 1. The lowest BCUT2D eigenvalue weighted by atomic mass is 10.0. The number of carbonyl (C=O) groups is 7. The maximum atomic E-state index is 13.0. The van der Waals surface area contributed by atoms with E-state index in [0.717, 1.165) is 17.1 Å². The molecule has 13 nitrogen and oxygen atoms in total. The summed E-state index contributed by atoms with van der Waals surface area (Å²) in [7, 11) is 2.93. The Labute approximate surface area is 267 Å². The fourth-order valence-electron chi connectivity index (χ4n) is 3.86. The van der Waals surface area contributed by atoms with E-state index in [-0.39, 0.29) is 41.8 Å². The van der Waals surface area contributed by atoms with Crippen molar-refractivity contribution in [3.05, 3.63) is 41.5 Å². The Morgan fingerprint density at radius 2 is 1.40 bits per heavy atom. The maximum Gasteiger partial charge on any atom is 0.258 e. The largest absolute Gasteiger partial charge is 0.359 e. The molecule has 0 fully saturated rings. The van der Waals surface area contributed by atoms with Crippen molar-refractivity contribution >= 4 is 47.0 Å². The molecule has 5 N–H and O–H groups in total. The number of imide groups is 1. The monoisotopic (exact) mass is 632 g/mol. The lowest BCUT2D eigenvalue weighted by Gasteiger charge is -2.19. The summed E-state index contributed by atoms with van der Waals surface area (Å²) in [5, 5.41) is 12.8. The first-order valence-corrected chi connectivity index (χ1v) is 15.5. The zero-order chi connectivity index (χ0) is 34.9. The number of amides is 7. The van der Waals surface area contributed by atoms with Crippen LogP contribution in [0.3, 0.4) is 0 Å². The third-order valence-corrected chi connectivity index (χ3v) is 5.90. The van der Waals surface area contributed by atoms with Gasteiger partial charge in [-0.15, -0.1) is 0 Å². The van der Waals surface area contributed by atoms with Crippen LogP contribution in [0.4, 0.5) is 5.69 Å². The van der Waals surface area contributed by atoms with Gasteiger partial charge >= 0.3 is 0 Å². The lowest BCUT2D eigenvalue weighted by Crippen LogP contribution is -2.48. The average molecular weight is 633 g/mol. The Hall–Kier alpha value is -4.55. The molecule has 0 saturated heterocycles. The highest BCUT2D eigenvalue weighted by Crippen LogP contribution is 2.24. The van der Waals surface area contributed by atoms with Crippen molar-refractivity contribution in [2.45, 2.75) is 86.6 Å². The Bertz CT molecular complexity index is 1150. The molecule has 1 unspecified atom stereocenters. The topological polar surface area (TPSA) is 183 Å². The van der Waals surface area contributed by atoms with Gasteiger partial charge in [-0.3, -0.25) is 33.6 Å². The van der Waals surface area contributed by atoms with Gasteiger partial charge in [0.1, 0.15) is 6.04 Å². The second-order valence-corrected chi connectivity index (χ2v) is 8.76. The van der Waals surface area contributed by atoms with Crippen LogP contribution in [0.15, 0.2) is 30.4 Å². The van der Waals surface area contributed by atoms with E-state index in [1.165, 1.54) is 39.2 Å². The first-order valence-electron chi connectivity index (χ1n) is 15.5. The number of likely N-dealkylation sites (N-methyl/N-ethyl adjacent to an activating group) is 1. The maximum absolute atomic E-state index is 13.0. The van der Waals surface area contributed by atoms with Crippen LogP contribution in [0.2, 0.25) is 0 Å². The zero-order valence-corrected chi connectivity index (χ0v) is 28.2. The van der Waals surface area contributed by atoms with Crippen molar-refractivity contribution in [1.82, 2.24) is 26.6 Å². The second kappa shape index (κ2) is 24.8. The minimum Gasteiger partial charge on any atom is -0.359 e. The van der Waals surface area contributed by atoms with Crippen LogP contribution in [-0.2, 0) is 35.2 Å². The third kappa shape index (κ3) is 15.7. The number of anilines is 1.